The molecule has 7 nitrogen and oxygen atoms in total. The van der Waals surface area contributed by atoms with Gasteiger partial charge in [0.05, 0.1) is 17.9 Å². The van der Waals surface area contributed by atoms with Gasteiger partial charge in [0, 0.05) is 36.9 Å². The van der Waals surface area contributed by atoms with Crippen LogP contribution in [0.5, 0.6) is 5.75 Å². The topological polar surface area (TPSA) is 108 Å². The Morgan fingerprint density at radius 3 is 2.55 bits per heavy atom. The van der Waals surface area contributed by atoms with Crippen molar-refractivity contribution in [2.24, 2.45) is 11.5 Å². The van der Waals surface area contributed by atoms with Crippen molar-refractivity contribution in [2.75, 3.05) is 32.7 Å². The van der Waals surface area contributed by atoms with Gasteiger partial charge in [0.25, 0.3) is 0 Å². The number of hydrogen-bond donors (Lipinski definition) is 4. The van der Waals surface area contributed by atoms with Gasteiger partial charge in [-0.25, -0.2) is 0 Å². The fourth-order valence-corrected chi connectivity index (χ4v) is 4.25. The predicted octanol–water partition coefficient (Wildman–Crippen LogP) is 2.58. The molecule has 2 fully saturated rings. The van der Waals surface area contributed by atoms with Crippen LogP contribution in [0.4, 0.5) is 13.2 Å². The van der Waals surface area contributed by atoms with Crippen LogP contribution in [0.2, 0.25) is 0 Å². The second kappa shape index (κ2) is 10.4. The average molecular weight is 468 g/mol. The van der Waals surface area contributed by atoms with Crippen LogP contribution in [-0.4, -0.2) is 59.6 Å². The third-order valence-electron chi connectivity index (χ3n) is 6.12. The number of nitrogens with one attached hydrogen (secondary N) is 1. The van der Waals surface area contributed by atoms with Crippen molar-refractivity contribution in [3.05, 3.63) is 46.8 Å². The maximum Gasteiger partial charge on any atom is 0.416 e. The van der Waals surface area contributed by atoms with Crippen molar-refractivity contribution >= 4 is 11.6 Å². The first-order chi connectivity index (χ1) is 15.5. The minimum Gasteiger partial charge on any atom is -0.507 e. The van der Waals surface area contributed by atoms with Crippen LogP contribution in [0.15, 0.2) is 35.7 Å². The summed E-state index contributed by atoms with van der Waals surface area (Å²) < 4.78 is 38.4. The number of piperidine rings is 1. The summed E-state index contributed by atoms with van der Waals surface area (Å²) in [6.45, 7) is 5.36. The molecular weight excluding hydrogens is 435 g/mol. The van der Waals surface area contributed by atoms with Crippen LogP contribution in [-0.2, 0) is 11.0 Å². The summed E-state index contributed by atoms with van der Waals surface area (Å²) >= 11 is 0. The first-order valence-corrected chi connectivity index (χ1v) is 11.2. The zero-order chi connectivity index (χ0) is 24.2. The van der Waals surface area contributed by atoms with Gasteiger partial charge in [-0.3, -0.25) is 9.69 Å². The molecule has 1 atom stereocenters. The Labute approximate surface area is 191 Å². The summed E-state index contributed by atoms with van der Waals surface area (Å²) in [6, 6.07) is 2.72. The van der Waals surface area contributed by atoms with Gasteiger partial charge in [-0.1, -0.05) is 0 Å². The SMILES string of the molecule is CC(/C=C(\N)c1ccc(C(F)(F)F)cc1O)=C(/N)NC1CCCN(CC(=O)N2CCCC2)C1. The number of halogens is 3. The maximum atomic E-state index is 12.8. The molecule has 1 unspecified atom stereocenters. The highest BCUT2D eigenvalue weighted by Gasteiger charge is 2.31. The number of phenolic OH excluding ortho intramolecular Hbond substituents is 1. The molecule has 6 N–H and O–H groups in total. The van der Waals surface area contributed by atoms with Crippen LogP contribution in [0.25, 0.3) is 5.70 Å². The molecule has 2 aliphatic rings. The van der Waals surface area contributed by atoms with Gasteiger partial charge in [-0.15, -0.1) is 0 Å². The van der Waals surface area contributed by atoms with E-state index in [1.165, 1.54) is 6.08 Å². The average Bonchev–Trinajstić information content (AvgIpc) is 3.28. The number of alkyl halides is 3. The molecule has 2 saturated heterocycles. The monoisotopic (exact) mass is 467 g/mol. The first kappa shape index (κ1) is 24.8. The molecule has 33 heavy (non-hydrogen) atoms. The fourth-order valence-electron chi connectivity index (χ4n) is 4.25. The molecule has 1 amide bonds. The molecule has 0 bridgehead atoms. The van der Waals surface area contributed by atoms with E-state index in [9.17, 15) is 23.1 Å². The molecule has 0 aromatic heterocycles. The Morgan fingerprint density at radius 2 is 1.91 bits per heavy atom. The minimum atomic E-state index is -4.55. The lowest BCUT2D eigenvalue weighted by molar-refractivity contribution is -0.137. The molecule has 0 radical (unpaired) electrons. The zero-order valence-electron chi connectivity index (χ0n) is 18.8. The van der Waals surface area contributed by atoms with Gasteiger partial charge in [0.1, 0.15) is 5.75 Å². The number of aromatic hydroxyl groups is 1. The van der Waals surface area contributed by atoms with E-state index in [0.29, 0.717) is 30.5 Å². The lowest BCUT2D eigenvalue weighted by atomic mass is 10.0. The van der Waals surface area contributed by atoms with Gasteiger partial charge in [0.15, 0.2) is 0 Å². The van der Waals surface area contributed by atoms with Crippen LogP contribution < -0.4 is 16.8 Å². The Balaban J connectivity index is 1.62. The molecule has 10 heteroatoms. The highest BCUT2D eigenvalue weighted by atomic mass is 19.4. The van der Waals surface area contributed by atoms with Crippen LogP contribution in [0, 0.1) is 0 Å². The van der Waals surface area contributed by atoms with Crippen LogP contribution >= 0.6 is 0 Å². The summed E-state index contributed by atoms with van der Waals surface area (Å²) in [5.74, 6) is 0.00506. The quantitative estimate of drug-likeness (QED) is 0.479. The van der Waals surface area contributed by atoms with Crippen molar-refractivity contribution in [1.29, 1.82) is 0 Å². The van der Waals surface area contributed by atoms with E-state index in [1.807, 2.05) is 4.90 Å². The number of amides is 1. The largest absolute Gasteiger partial charge is 0.507 e. The number of allylic oxidation sites excluding steroid dienone is 2. The Bertz CT molecular complexity index is 923. The van der Waals surface area contributed by atoms with Crippen molar-refractivity contribution in [1.82, 2.24) is 15.1 Å². The zero-order valence-corrected chi connectivity index (χ0v) is 18.8. The van der Waals surface area contributed by atoms with E-state index in [2.05, 4.69) is 10.2 Å². The number of carbonyl (C=O) groups is 1. The molecule has 2 heterocycles. The fraction of sp³-hybridized carbons (Fsp3) is 0.522. The molecule has 1 aromatic rings. The van der Waals surface area contributed by atoms with Gasteiger partial charge in [-0.2, -0.15) is 13.2 Å². The smallest absolute Gasteiger partial charge is 0.416 e. The maximum absolute atomic E-state index is 12.8. The number of likely N-dealkylation sites (tertiary alicyclic amines) is 2. The lowest BCUT2D eigenvalue weighted by Gasteiger charge is -2.34. The van der Waals surface area contributed by atoms with E-state index in [1.54, 1.807) is 6.92 Å². The van der Waals surface area contributed by atoms with E-state index in [4.69, 9.17) is 11.5 Å². The van der Waals surface area contributed by atoms with Crippen LogP contribution in [0.3, 0.4) is 0 Å². The Kier molecular flexibility index (Phi) is 7.78. The molecule has 182 valence electrons. The highest BCUT2D eigenvalue weighted by Crippen LogP contribution is 2.34. The number of carbonyl (C=O) groups excluding carboxylic acids is 1. The number of nitrogens with zero attached hydrogens (tertiary/aromatic N) is 2. The number of phenols is 1. The molecule has 0 spiro atoms. The minimum absolute atomic E-state index is 0.0641. The first-order valence-electron chi connectivity index (χ1n) is 11.2. The Hall–Kier alpha value is -2.88. The second-order valence-electron chi connectivity index (χ2n) is 8.73. The van der Waals surface area contributed by atoms with Crippen molar-refractivity contribution in [3.63, 3.8) is 0 Å². The highest BCUT2D eigenvalue weighted by molar-refractivity contribution is 5.78. The molecule has 2 aliphatic heterocycles. The van der Waals surface area contributed by atoms with Gasteiger partial charge >= 0.3 is 6.18 Å². The van der Waals surface area contributed by atoms with Crippen molar-refractivity contribution in [3.8, 4) is 5.75 Å². The van der Waals surface area contributed by atoms with E-state index < -0.39 is 17.5 Å². The number of rotatable bonds is 6. The summed E-state index contributed by atoms with van der Waals surface area (Å²) in [6.07, 6.45) is 0.943. The van der Waals surface area contributed by atoms with Gasteiger partial charge < -0.3 is 26.8 Å². The summed E-state index contributed by atoms with van der Waals surface area (Å²) in [5.41, 5.74) is 12.1. The third-order valence-corrected chi connectivity index (χ3v) is 6.12. The lowest BCUT2D eigenvalue weighted by Crippen LogP contribution is -2.49. The molecule has 0 aliphatic carbocycles. The van der Waals surface area contributed by atoms with E-state index >= 15 is 0 Å². The predicted molar refractivity (Wildman–Crippen MR) is 121 cm³/mol. The summed E-state index contributed by atoms with van der Waals surface area (Å²) in [5, 5.41) is 13.3. The van der Waals surface area contributed by atoms with E-state index in [-0.39, 0.29) is 23.2 Å². The molecule has 1 aromatic carbocycles. The standard InChI is InChI=1S/C23H32F3N5O2/c1-15(11-19(27)18-7-6-16(12-20(18)32)23(24,25)26)22(28)29-17-5-4-8-30(13-17)14-21(33)31-9-2-3-10-31/h6-7,11-12,17,29,32H,2-5,8-10,13-14,27-28H2,1H3/b19-11-,22-15+. The normalized spacial score (nSPS) is 21.2. The van der Waals surface area contributed by atoms with E-state index in [0.717, 1.165) is 57.5 Å². The van der Waals surface area contributed by atoms with Gasteiger partial charge in [-0.05, 0) is 69.0 Å². The molecule has 0 saturated carbocycles. The van der Waals surface area contributed by atoms with Crippen molar-refractivity contribution < 1.29 is 23.1 Å². The summed E-state index contributed by atoms with van der Waals surface area (Å²) in [4.78, 5) is 16.5. The summed E-state index contributed by atoms with van der Waals surface area (Å²) in [7, 11) is 0. The van der Waals surface area contributed by atoms with Crippen molar-refractivity contribution in [2.45, 2.75) is 44.8 Å². The molecule has 3 rings (SSSR count). The number of benzene rings is 1. The number of nitrogens with two attached hydrogens (primary N) is 2. The van der Waals surface area contributed by atoms with Gasteiger partial charge in [0.2, 0.25) is 5.91 Å². The molecular formula is C23H32F3N5O2. The third kappa shape index (κ3) is 6.56. The Morgan fingerprint density at radius 1 is 1.21 bits per heavy atom. The number of hydrogen-bond acceptors (Lipinski definition) is 6. The second-order valence-corrected chi connectivity index (χ2v) is 8.73. The van der Waals surface area contributed by atoms with Crippen LogP contribution in [0.1, 0.15) is 43.7 Å².